The van der Waals surface area contributed by atoms with E-state index in [1.165, 1.54) is 71.4 Å². The quantitative estimate of drug-likeness (QED) is 0.727. The monoisotopic (exact) mass is 239 g/mol. The molecule has 100 valence electrons. The van der Waals surface area contributed by atoms with Gasteiger partial charge < -0.3 is 10.6 Å². The lowest BCUT2D eigenvalue weighted by Gasteiger charge is -2.28. The van der Waals surface area contributed by atoms with Crippen LogP contribution in [0.1, 0.15) is 39.0 Å². The van der Waals surface area contributed by atoms with Crippen LogP contribution in [0.2, 0.25) is 0 Å². The summed E-state index contributed by atoms with van der Waals surface area (Å²) in [6, 6.07) is 0.794. The highest BCUT2D eigenvalue weighted by atomic mass is 15.2. The van der Waals surface area contributed by atoms with Crippen molar-refractivity contribution in [2.75, 3.05) is 39.3 Å². The van der Waals surface area contributed by atoms with Crippen LogP contribution in [0.3, 0.4) is 0 Å². The smallest absolute Gasteiger partial charge is 0.0108 e. The van der Waals surface area contributed by atoms with E-state index in [-0.39, 0.29) is 0 Å². The fourth-order valence-electron chi connectivity index (χ4n) is 3.05. The second-order valence-corrected chi connectivity index (χ2v) is 5.86. The first kappa shape index (κ1) is 13.3. The molecule has 2 aliphatic rings. The fraction of sp³-hybridized carbons (Fsp3) is 1.00. The van der Waals surface area contributed by atoms with E-state index in [1.807, 2.05) is 0 Å². The van der Waals surface area contributed by atoms with E-state index in [4.69, 9.17) is 0 Å². The Morgan fingerprint density at radius 2 is 1.94 bits per heavy atom. The van der Waals surface area contributed by atoms with Crippen LogP contribution in [0, 0.1) is 5.92 Å². The van der Waals surface area contributed by atoms with E-state index in [2.05, 4.69) is 22.5 Å². The Balaban J connectivity index is 1.57. The first-order chi connectivity index (χ1) is 8.34. The van der Waals surface area contributed by atoms with Gasteiger partial charge in [0, 0.05) is 45.3 Å². The molecule has 3 nitrogen and oxygen atoms in total. The molecule has 2 unspecified atom stereocenters. The van der Waals surface area contributed by atoms with Crippen molar-refractivity contribution in [2.24, 2.45) is 5.92 Å². The molecule has 2 atom stereocenters. The molecule has 0 aromatic carbocycles. The number of nitrogens with one attached hydrogen (secondary N) is 2. The van der Waals surface area contributed by atoms with Crippen LogP contribution >= 0.6 is 0 Å². The van der Waals surface area contributed by atoms with Crippen molar-refractivity contribution in [3.63, 3.8) is 0 Å². The molecule has 0 radical (unpaired) electrons. The maximum absolute atomic E-state index is 3.77. The molecule has 1 heterocycles. The zero-order chi connectivity index (χ0) is 11.9. The van der Waals surface area contributed by atoms with Crippen LogP contribution < -0.4 is 10.6 Å². The van der Waals surface area contributed by atoms with E-state index >= 15 is 0 Å². The lowest BCUT2D eigenvalue weighted by atomic mass is 10.0. The van der Waals surface area contributed by atoms with Gasteiger partial charge in [-0.05, 0) is 25.2 Å². The minimum atomic E-state index is 0.794. The lowest BCUT2D eigenvalue weighted by molar-refractivity contribution is 0.236. The molecule has 1 saturated carbocycles. The van der Waals surface area contributed by atoms with Crippen LogP contribution in [0.15, 0.2) is 0 Å². The molecule has 2 rings (SSSR count). The Bertz CT molecular complexity index is 202. The van der Waals surface area contributed by atoms with Gasteiger partial charge >= 0.3 is 0 Å². The molecule has 0 aromatic rings. The Morgan fingerprint density at radius 3 is 2.76 bits per heavy atom. The molecule has 0 amide bonds. The number of hydrogen-bond donors (Lipinski definition) is 2. The maximum Gasteiger partial charge on any atom is 0.0108 e. The summed E-state index contributed by atoms with van der Waals surface area (Å²) >= 11 is 0. The molecule has 2 N–H and O–H groups in total. The molecule has 17 heavy (non-hydrogen) atoms. The van der Waals surface area contributed by atoms with E-state index in [9.17, 15) is 0 Å². The predicted molar refractivity (Wildman–Crippen MR) is 73.3 cm³/mol. The predicted octanol–water partition coefficient (Wildman–Crippen LogP) is 1.45. The number of hydrogen-bond acceptors (Lipinski definition) is 3. The van der Waals surface area contributed by atoms with Crippen molar-refractivity contribution in [1.82, 2.24) is 15.5 Å². The summed E-state index contributed by atoms with van der Waals surface area (Å²) in [5.74, 6) is 0.954. The SMILES string of the molecule is CC1CCCC(NCCN2CCNCC2)CC1. The molecule has 1 aliphatic carbocycles. The van der Waals surface area contributed by atoms with Gasteiger partial charge in [-0.3, -0.25) is 4.90 Å². The first-order valence-corrected chi connectivity index (χ1v) is 7.51. The average molecular weight is 239 g/mol. The standard InChI is InChI=1S/C14H29N3/c1-13-3-2-4-14(6-5-13)16-9-12-17-10-7-15-8-11-17/h13-16H,2-12H2,1H3. The molecule has 0 spiro atoms. The molecule has 3 heteroatoms. The maximum atomic E-state index is 3.77. The Kier molecular flexibility index (Phi) is 5.75. The molecular formula is C14H29N3. The van der Waals surface area contributed by atoms with Gasteiger partial charge in [0.05, 0.1) is 0 Å². The molecule has 1 aliphatic heterocycles. The summed E-state index contributed by atoms with van der Waals surface area (Å²) < 4.78 is 0. The van der Waals surface area contributed by atoms with Crippen LogP contribution in [-0.4, -0.2) is 50.2 Å². The lowest BCUT2D eigenvalue weighted by Crippen LogP contribution is -2.46. The molecule has 0 aromatic heterocycles. The third-order valence-electron chi connectivity index (χ3n) is 4.33. The average Bonchev–Trinajstić information content (AvgIpc) is 2.56. The van der Waals surface area contributed by atoms with Gasteiger partial charge in [0.2, 0.25) is 0 Å². The van der Waals surface area contributed by atoms with E-state index in [0.717, 1.165) is 12.0 Å². The highest BCUT2D eigenvalue weighted by Gasteiger charge is 2.16. The third kappa shape index (κ3) is 4.94. The fourth-order valence-corrected chi connectivity index (χ4v) is 3.05. The first-order valence-electron chi connectivity index (χ1n) is 7.51. The molecular weight excluding hydrogens is 210 g/mol. The highest BCUT2D eigenvalue weighted by molar-refractivity contribution is 4.75. The summed E-state index contributed by atoms with van der Waals surface area (Å²) in [5, 5.41) is 7.17. The van der Waals surface area contributed by atoms with Crippen molar-refractivity contribution in [2.45, 2.75) is 45.1 Å². The van der Waals surface area contributed by atoms with Crippen molar-refractivity contribution in [3.8, 4) is 0 Å². The number of nitrogens with zero attached hydrogens (tertiary/aromatic N) is 1. The van der Waals surface area contributed by atoms with Crippen molar-refractivity contribution >= 4 is 0 Å². The van der Waals surface area contributed by atoms with Crippen LogP contribution in [0.5, 0.6) is 0 Å². The molecule has 2 fully saturated rings. The van der Waals surface area contributed by atoms with Gasteiger partial charge in [-0.1, -0.05) is 19.8 Å². The van der Waals surface area contributed by atoms with Crippen LogP contribution in [0.25, 0.3) is 0 Å². The zero-order valence-electron chi connectivity index (χ0n) is 11.4. The number of rotatable bonds is 4. The van der Waals surface area contributed by atoms with Gasteiger partial charge in [0.25, 0.3) is 0 Å². The van der Waals surface area contributed by atoms with Gasteiger partial charge in [0.15, 0.2) is 0 Å². The van der Waals surface area contributed by atoms with E-state index in [0.29, 0.717) is 0 Å². The topological polar surface area (TPSA) is 27.3 Å². The van der Waals surface area contributed by atoms with Crippen molar-refractivity contribution in [3.05, 3.63) is 0 Å². The van der Waals surface area contributed by atoms with Gasteiger partial charge in [-0.25, -0.2) is 0 Å². The third-order valence-corrected chi connectivity index (χ3v) is 4.33. The number of piperazine rings is 1. The van der Waals surface area contributed by atoms with Gasteiger partial charge in [-0.2, -0.15) is 0 Å². The highest BCUT2D eigenvalue weighted by Crippen LogP contribution is 2.22. The molecule has 0 bridgehead atoms. The summed E-state index contributed by atoms with van der Waals surface area (Å²) in [5.41, 5.74) is 0. The van der Waals surface area contributed by atoms with Crippen molar-refractivity contribution < 1.29 is 0 Å². The minimum absolute atomic E-state index is 0.794. The minimum Gasteiger partial charge on any atom is -0.314 e. The Labute approximate surface area is 106 Å². The van der Waals surface area contributed by atoms with Gasteiger partial charge in [0.1, 0.15) is 0 Å². The zero-order valence-corrected chi connectivity index (χ0v) is 11.4. The summed E-state index contributed by atoms with van der Waals surface area (Å²) in [7, 11) is 0. The Hall–Kier alpha value is -0.120. The van der Waals surface area contributed by atoms with Crippen LogP contribution in [-0.2, 0) is 0 Å². The van der Waals surface area contributed by atoms with Gasteiger partial charge in [-0.15, -0.1) is 0 Å². The van der Waals surface area contributed by atoms with Crippen molar-refractivity contribution in [1.29, 1.82) is 0 Å². The second-order valence-electron chi connectivity index (χ2n) is 5.86. The Morgan fingerprint density at radius 1 is 1.12 bits per heavy atom. The van der Waals surface area contributed by atoms with E-state index < -0.39 is 0 Å². The summed E-state index contributed by atoms with van der Waals surface area (Å²) in [6.07, 6.45) is 7.07. The van der Waals surface area contributed by atoms with Crippen LogP contribution in [0.4, 0.5) is 0 Å². The van der Waals surface area contributed by atoms with E-state index in [1.54, 1.807) is 0 Å². The molecule has 1 saturated heterocycles. The summed E-state index contributed by atoms with van der Waals surface area (Å²) in [4.78, 5) is 2.57. The summed E-state index contributed by atoms with van der Waals surface area (Å²) in [6.45, 7) is 9.60. The normalized spacial score (nSPS) is 32.3. The second kappa shape index (κ2) is 7.34. The largest absolute Gasteiger partial charge is 0.314 e.